The van der Waals surface area contributed by atoms with E-state index < -0.39 is 0 Å². The average Bonchev–Trinajstić information content (AvgIpc) is 2.58. The molecular weight excluding hydrogens is 182 g/mol. The summed E-state index contributed by atoms with van der Waals surface area (Å²) in [6.45, 7) is 5.66. The number of aromatic nitrogens is 4. The molecule has 0 amide bonds. The topological polar surface area (TPSA) is 64.9 Å². The number of ether oxygens (including phenoxy) is 1. The quantitative estimate of drug-likeness (QED) is 0.500. The number of hydrogen-bond acceptors (Lipinski definition) is 5. The molecule has 0 bridgehead atoms. The summed E-state index contributed by atoms with van der Waals surface area (Å²) < 4.78 is 6.87. The van der Waals surface area contributed by atoms with E-state index in [0.29, 0.717) is 25.7 Å². The molecule has 6 nitrogen and oxygen atoms in total. The molecule has 1 aromatic heterocycles. The molecule has 0 aliphatic heterocycles. The van der Waals surface area contributed by atoms with Crippen molar-refractivity contribution in [1.82, 2.24) is 20.2 Å². The van der Waals surface area contributed by atoms with E-state index in [1.807, 2.05) is 6.08 Å². The lowest BCUT2D eigenvalue weighted by molar-refractivity contribution is 0.148. The zero-order valence-electron chi connectivity index (χ0n) is 8.31. The van der Waals surface area contributed by atoms with E-state index in [2.05, 4.69) is 27.4 Å². The smallest absolute Gasteiger partial charge is 0.242 e. The molecule has 0 atom stereocenters. The van der Waals surface area contributed by atoms with Crippen molar-refractivity contribution in [3.8, 4) is 0 Å². The predicted octanol–water partition coefficient (Wildman–Crippen LogP) is 0.215. The lowest BCUT2D eigenvalue weighted by Crippen LogP contribution is -2.12. The van der Waals surface area contributed by atoms with E-state index in [-0.39, 0.29) is 0 Å². The van der Waals surface area contributed by atoms with Gasteiger partial charge in [-0.25, -0.2) is 4.68 Å². The molecule has 78 valence electrons. The third-order valence-corrected chi connectivity index (χ3v) is 1.62. The molecule has 1 heterocycles. The molecule has 14 heavy (non-hydrogen) atoms. The van der Waals surface area contributed by atoms with Gasteiger partial charge in [0.1, 0.15) is 0 Å². The molecule has 1 rings (SSSR count). The minimum absolute atomic E-state index is 0.640. The highest BCUT2D eigenvalue weighted by atomic mass is 16.5. The number of rotatable bonds is 7. The van der Waals surface area contributed by atoms with E-state index in [1.165, 1.54) is 0 Å². The molecule has 0 aliphatic carbocycles. The van der Waals surface area contributed by atoms with E-state index in [1.54, 1.807) is 11.7 Å². The second-order valence-electron chi connectivity index (χ2n) is 2.74. The van der Waals surface area contributed by atoms with Gasteiger partial charge in [0.2, 0.25) is 5.95 Å². The van der Waals surface area contributed by atoms with Gasteiger partial charge in [0.25, 0.3) is 0 Å². The van der Waals surface area contributed by atoms with Crippen molar-refractivity contribution in [2.24, 2.45) is 7.05 Å². The average molecular weight is 197 g/mol. The molecule has 0 saturated heterocycles. The first-order valence-electron chi connectivity index (χ1n) is 4.49. The lowest BCUT2D eigenvalue weighted by Gasteiger charge is -2.04. The lowest BCUT2D eigenvalue weighted by atomic mass is 10.4. The fourth-order valence-electron chi connectivity index (χ4n) is 0.883. The summed E-state index contributed by atoms with van der Waals surface area (Å²) in [7, 11) is 1.78. The highest BCUT2D eigenvalue weighted by Crippen LogP contribution is 1.94. The van der Waals surface area contributed by atoms with Gasteiger partial charge in [-0.05, 0) is 16.8 Å². The highest BCUT2D eigenvalue weighted by Gasteiger charge is 1.98. The maximum atomic E-state index is 5.30. The second-order valence-corrected chi connectivity index (χ2v) is 2.74. The summed E-state index contributed by atoms with van der Waals surface area (Å²) in [5, 5.41) is 14.0. The molecule has 0 radical (unpaired) electrons. The number of tetrazole rings is 1. The van der Waals surface area contributed by atoms with Crippen LogP contribution >= 0.6 is 0 Å². The van der Waals surface area contributed by atoms with Gasteiger partial charge < -0.3 is 10.1 Å². The van der Waals surface area contributed by atoms with Crippen LogP contribution in [-0.4, -0.2) is 40.0 Å². The third-order valence-electron chi connectivity index (χ3n) is 1.62. The Morgan fingerprint density at radius 3 is 3.07 bits per heavy atom. The van der Waals surface area contributed by atoms with Crippen molar-refractivity contribution >= 4 is 5.95 Å². The number of nitrogens with one attached hydrogen (secondary N) is 1. The van der Waals surface area contributed by atoms with Crippen LogP contribution in [0.15, 0.2) is 12.7 Å². The Balaban J connectivity index is 2.04. The number of aryl methyl sites for hydroxylation is 1. The van der Waals surface area contributed by atoms with Crippen LogP contribution in [0.3, 0.4) is 0 Å². The van der Waals surface area contributed by atoms with Gasteiger partial charge >= 0.3 is 0 Å². The van der Waals surface area contributed by atoms with Crippen molar-refractivity contribution < 1.29 is 4.74 Å². The molecule has 0 aliphatic rings. The molecule has 0 fully saturated rings. The van der Waals surface area contributed by atoms with Crippen LogP contribution in [0, 0.1) is 0 Å². The van der Waals surface area contributed by atoms with Gasteiger partial charge in [-0.1, -0.05) is 11.2 Å². The fourth-order valence-corrected chi connectivity index (χ4v) is 0.883. The SMILES string of the molecule is C=CCCOCCNc1nnnn1C. The molecule has 6 heteroatoms. The standard InChI is InChI=1S/C8H15N5O/c1-3-4-6-14-7-5-9-8-10-11-12-13(8)2/h3H,1,4-7H2,2H3,(H,9,10,12). The number of nitrogens with zero attached hydrogens (tertiary/aromatic N) is 4. The summed E-state index contributed by atoms with van der Waals surface area (Å²) in [6.07, 6.45) is 2.71. The van der Waals surface area contributed by atoms with Crippen molar-refractivity contribution in [3.63, 3.8) is 0 Å². The number of hydrogen-bond donors (Lipinski definition) is 1. The van der Waals surface area contributed by atoms with Crippen LogP contribution < -0.4 is 5.32 Å². The third kappa shape index (κ3) is 3.53. The van der Waals surface area contributed by atoms with Gasteiger partial charge in [0.05, 0.1) is 13.2 Å². The van der Waals surface area contributed by atoms with Crippen LogP contribution in [0.25, 0.3) is 0 Å². The summed E-state index contributed by atoms with van der Waals surface area (Å²) in [6, 6.07) is 0. The van der Waals surface area contributed by atoms with Gasteiger partial charge in [-0.2, -0.15) is 0 Å². The molecule has 1 N–H and O–H groups in total. The Bertz CT molecular complexity index is 272. The molecule has 0 saturated carbocycles. The Hall–Kier alpha value is -1.43. The van der Waals surface area contributed by atoms with Crippen molar-refractivity contribution in [2.45, 2.75) is 6.42 Å². The van der Waals surface area contributed by atoms with E-state index in [0.717, 1.165) is 6.42 Å². The first-order valence-corrected chi connectivity index (χ1v) is 4.49. The second kappa shape index (κ2) is 6.09. The highest BCUT2D eigenvalue weighted by molar-refractivity contribution is 5.20. The van der Waals surface area contributed by atoms with E-state index >= 15 is 0 Å². The summed E-state index contributed by atoms with van der Waals surface area (Å²) in [5.41, 5.74) is 0. The van der Waals surface area contributed by atoms with Crippen LogP contribution in [0.5, 0.6) is 0 Å². The minimum Gasteiger partial charge on any atom is -0.379 e. The normalized spacial score (nSPS) is 10.1. The molecule has 1 aromatic rings. The number of anilines is 1. The first-order chi connectivity index (χ1) is 6.84. The molecule has 0 aromatic carbocycles. The minimum atomic E-state index is 0.640. The van der Waals surface area contributed by atoms with Gasteiger partial charge in [-0.3, -0.25) is 0 Å². The zero-order chi connectivity index (χ0) is 10.2. The fraction of sp³-hybridized carbons (Fsp3) is 0.625. The molecule has 0 spiro atoms. The largest absolute Gasteiger partial charge is 0.379 e. The molecule has 0 unspecified atom stereocenters. The maximum absolute atomic E-state index is 5.30. The van der Waals surface area contributed by atoms with E-state index in [4.69, 9.17) is 4.74 Å². The summed E-state index contributed by atoms with van der Waals surface area (Å²) in [4.78, 5) is 0. The Kier molecular flexibility index (Phi) is 4.63. The van der Waals surface area contributed by atoms with Crippen molar-refractivity contribution in [1.29, 1.82) is 0 Å². The van der Waals surface area contributed by atoms with Crippen LogP contribution in [-0.2, 0) is 11.8 Å². The van der Waals surface area contributed by atoms with Gasteiger partial charge in [0, 0.05) is 13.6 Å². The Labute approximate surface area is 82.9 Å². The van der Waals surface area contributed by atoms with Crippen molar-refractivity contribution in [3.05, 3.63) is 12.7 Å². The van der Waals surface area contributed by atoms with Gasteiger partial charge in [0.15, 0.2) is 0 Å². The van der Waals surface area contributed by atoms with Crippen LogP contribution in [0.2, 0.25) is 0 Å². The molecular formula is C8H15N5O. The summed E-state index contributed by atoms with van der Waals surface area (Å²) in [5.74, 6) is 0.650. The maximum Gasteiger partial charge on any atom is 0.242 e. The van der Waals surface area contributed by atoms with Crippen LogP contribution in [0.1, 0.15) is 6.42 Å². The first kappa shape index (κ1) is 10.6. The van der Waals surface area contributed by atoms with Gasteiger partial charge in [-0.15, -0.1) is 6.58 Å². The monoisotopic (exact) mass is 197 g/mol. The predicted molar refractivity (Wildman–Crippen MR) is 52.9 cm³/mol. The van der Waals surface area contributed by atoms with E-state index in [9.17, 15) is 0 Å². The Morgan fingerprint density at radius 2 is 2.43 bits per heavy atom. The van der Waals surface area contributed by atoms with Crippen LogP contribution in [0.4, 0.5) is 5.95 Å². The zero-order valence-corrected chi connectivity index (χ0v) is 8.31. The summed E-state index contributed by atoms with van der Waals surface area (Å²) >= 11 is 0. The Morgan fingerprint density at radius 1 is 1.57 bits per heavy atom. The van der Waals surface area contributed by atoms with Crippen molar-refractivity contribution in [2.75, 3.05) is 25.1 Å².